The Balaban J connectivity index is 1.37. The highest BCUT2D eigenvalue weighted by molar-refractivity contribution is 7.98. The first kappa shape index (κ1) is 15.0. The molecule has 0 atom stereocenters. The molecule has 0 N–H and O–H groups in total. The van der Waals surface area contributed by atoms with Crippen LogP contribution < -0.4 is 0 Å². The quantitative estimate of drug-likeness (QED) is 0.596. The van der Waals surface area contributed by atoms with Gasteiger partial charge in [-0.1, -0.05) is 37.1 Å². The van der Waals surface area contributed by atoms with Crippen molar-refractivity contribution in [2.75, 3.05) is 0 Å². The Hall–Kier alpha value is -1.60. The molecular weight excluding hydrogens is 330 g/mol. The topological polar surface area (TPSA) is 65.0 Å². The lowest BCUT2D eigenvalue weighted by Gasteiger charge is -2.17. The molecule has 120 valence electrons. The molecule has 1 saturated carbocycles. The minimum absolute atomic E-state index is 0.447. The van der Waals surface area contributed by atoms with Crippen molar-refractivity contribution in [1.82, 2.24) is 15.2 Å². The van der Waals surface area contributed by atoms with Crippen LogP contribution in [0.15, 0.2) is 37.8 Å². The van der Waals surface area contributed by atoms with Gasteiger partial charge >= 0.3 is 0 Å². The van der Waals surface area contributed by atoms with Crippen molar-refractivity contribution in [3.05, 3.63) is 35.4 Å². The Morgan fingerprint density at radius 3 is 2.96 bits per heavy atom. The predicted octanol–water partition coefficient (Wildman–Crippen LogP) is 5.13. The van der Waals surface area contributed by atoms with Gasteiger partial charge in [-0.3, -0.25) is 0 Å². The minimum atomic E-state index is 0.447. The molecule has 4 rings (SSSR count). The summed E-state index contributed by atoms with van der Waals surface area (Å²) in [5.41, 5.74) is 0.885. The van der Waals surface area contributed by atoms with Crippen LogP contribution in [0.4, 0.5) is 0 Å². The zero-order valence-corrected chi connectivity index (χ0v) is 14.2. The maximum Gasteiger partial charge on any atom is 0.276 e. The summed E-state index contributed by atoms with van der Waals surface area (Å²) in [4.78, 5) is 5.54. The van der Waals surface area contributed by atoms with Crippen LogP contribution in [-0.4, -0.2) is 15.2 Å². The molecule has 0 amide bonds. The number of hydrogen-bond acceptors (Lipinski definition) is 7. The fourth-order valence-corrected chi connectivity index (χ4v) is 4.12. The number of hydrogen-bond donors (Lipinski definition) is 0. The Bertz CT molecular complexity index is 745. The van der Waals surface area contributed by atoms with Crippen LogP contribution in [0.5, 0.6) is 0 Å². The lowest BCUT2D eigenvalue weighted by atomic mass is 9.89. The second-order valence-corrected chi connectivity index (χ2v) is 7.53. The molecule has 0 spiro atoms. The van der Waals surface area contributed by atoms with Gasteiger partial charge < -0.3 is 8.83 Å². The van der Waals surface area contributed by atoms with Crippen LogP contribution in [-0.2, 0) is 5.75 Å². The molecule has 0 saturated heterocycles. The smallest absolute Gasteiger partial charge is 0.276 e. The molecule has 3 aromatic heterocycles. The van der Waals surface area contributed by atoms with Crippen molar-refractivity contribution in [2.24, 2.45) is 0 Å². The van der Waals surface area contributed by atoms with Crippen LogP contribution in [0.3, 0.4) is 0 Å². The maximum atomic E-state index is 5.81. The Kier molecular flexibility index (Phi) is 4.48. The molecule has 1 aliphatic carbocycles. The fourth-order valence-electron chi connectivity index (χ4n) is 2.82. The lowest BCUT2D eigenvalue weighted by Crippen LogP contribution is -2.04. The summed E-state index contributed by atoms with van der Waals surface area (Å²) in [6, 6.07) is 3.99. The van der Waals surface area contributed by atoms with Crippen molar-refractivity contribution in [1.29, 1.82) is 0 Å². The molecule has 0 bridgehead atoms. The minimum Gasteiger partial charge on any atom is -0.444 e. The van der Waals surface area contributed by atoms with Crippen molar-refractivity contribution in [3.63, 3.8) is 0 Å². The summed E-state index contributed by atoms with van der Waals surface area (Å²) >= 11 is 3.13. The SMILES string of the molecule is c1csc(-c2nc(CSc3nnc(C4CCCCC4)o3)co2)c1. The van der Waals surface area contributed by atoms with E-state index in [0.717, 1.165) is 16.5 Å². The van der Waals surface area contributed by atoms with Gasteiger partial charge in [0.25, 0.3) is 5.22 Å². The van der Waals surface area contributed by atoms with Crippen molar-refractivity contribution in [3.8, 4) is 10.8 Å². The van der Waals surface area contributed by atoms with Gasteiger partial charge in [-0.25, -0.2) is 4.98 Å². The van der Waals surface area contributed by atoms with Crippen LogP contribution in [0.2, 0.25) is 0 Å². The van der Waals surface area contributed by atoms with E-state index in [-0.39, 0.29) is 0 Å². The van der Waals surface area contributed by atoms with Crippen molar-refractivity contribution in [2.45, 2.75) is 49.0 Å². The molecule has 0 aromatic carbocycles. The molecule has 5 nitrogen and oxygen atoms in total. The molecule has 1 fully saturated rings. The summed E-state index contributed by atoms with van der Waals surface area (Å²) in [5.74, 6) is 2.58. The number of aromatic nitrogens is 3. The van der Waals surface area contributed by atoms with E-state index >= 15 is 0 Å². The van der Waals surface area contributed by atoms with E-state index in [4.69, 9.17) is 8.83 Å². The van der Waals surface area contributed by atoms with Gasteiger partial charge in [0.15, 0.2) is 0 Å². The van der Waals surface area contributed by atoms with Gasteiger partial charge in [0, 0.05) is 11.7 Å². The predicted molar refractivity (Wildman–Crippen MR) is 89.5 cm³/mol. The summed E-state index contributed by atoms with van der Waals surface area (Å²) in [6.45, 7) is 0. The van der Waals surface area contributed by atoms with Crippen molar-refractivity contribution < 1.29 is 8.83 Å². The fraction of sp³-hybridized carbons (Fsp3) is 0.438. The third-order valence-corrected chi connectivity index (χ3v) is 5.71. The molecule has 7 heteroatoms. The van der Waals surface area contributed by atoms with Crippen LogP contribution >= 0.6 is 23.1 Å². The first-order chi connectivity index (χ1) is 11.4. The average molecular weight is 347 g/mol. The van der Waals surface area contributed by atoms with Crippen molar-refractivity contribution >= 4 is 23.1 Å². The monoisotopic (exact) mass is 347 g/mol. The number of nitrogens with zero attached hydrogens (tertiary/aromatic N) is 3. The molecule has 3 aromatic rings. The Labute approximate surface area is 142 Å². The molecule has 1 aliphatic rings. The van der Waals surface area contributed by atoms with E-state index in [1.165, 1.54) is 43.9 Å². The van der Waals surface area contributed by atoms with Crippen LogP contribution in [0, 0.1) is 0 Å². The normalized spacial score (nSPS) is 16.0. The van der Waals surface area contributed by atoms with Gasteiger partial charge in [0.05, 0.1) is 10.6 Å². The Morgan fingerprint density at radius 2 is 2.13 bits per heavy atom. The molecule has 3 heterocycles. The maximum absolute atomic E-state index is 5.81. The van der Waals surface area contributed by atoms with E-state index < -0.39 is 0 Å². The van der Waals surface area contributed by atoms with Crippen LogP contribution in [0.1, 0.15) is 49.6 Å². The molecule has 0 radical (unpaired) electrons. The summed E-state index contributed by atoms with van der Waals surface area (Å²) in [5, 5.41) is 11.0. The Morgan fingerprint density at radius 1 is 1.22 bits per heavy atom. The van der Waals surface area contributed by atoms with Crippen LogP contribution in [0.25, 0.3) is 10.8 Å². The number of thioether (sulfide) groups is 1. The number of thiophene rings is 1. The molecule has 23 heavy (non-hydrogen) atoms. The second-order valence-electron chi connectivity index (χ2n) is 5.65. The average Bonchev–Trinajstić information content (AvgIpc) is 3.33. The molecule has 0 unspecified atom stereocenters. The summed E-state index contributed by atoms with van der Waals surface area (Å²) in [7, 11) is 0. The van der Waals surface area contributed by atoms with E-state index in [2.05, 4.69) is 15.2 Å². The summed E-state index contributed by atoms with van der Waals surface area (Å²) < 4.78 is 11.3. The number of oxazole rings is 1. The van der Waals surface area contributed by atoms with Gasteiger partial charge in [-0.2, -0.15) is 0 Å². The highest BCUT2D eigenvalue weighted by Gasteiger charge is 2.21. The zero-order chi connectivity index (χ0) is 15.5. The summed E-state index contributed by atoms with van der Waals surface area (Å²) in [6.07, 6.45) is 7.88. The van der Waals surface area contributed by atoms with Gasteiger partial charge in [-0.15, -0.1) is 21.5 Å². The second kappa shape index (κ2) is 6.88. The molecule has 0 aliphatic heterocycles. The van der Waals surface area contributed by atoms with Gasteiger partial charge in [-0.05, 0) is 24.3 Å². The first-order valence-electron chi connectivity index (χ1n) is 7.83. The highest BCUT2D eigenvalue weighted by atomic mass is 32.2. The largest absolute Gasteiger partial charge is 0.444 e. The van der Waals surface area contributed by atoms with E-state index in [0.29, 0.717) is 22.8 Å². The highest BCUT2D eigenvalue weighted by Crippen LogP contribution is 2.33. The van der Waals surface area contributed by atoms with Gasteiger partial charge in [0.2, 0.25) is 11.8 Å². The van der Waals surface area contributed by atoms with E-state index in [9.17, 15) is 0 Å². The lowest BCUT2D eigenvalue weighted by molar-refractivity contribution is 0.334. The first-order valence-corrected chi connectivity index (χ1v) is 9.69. The van der Waals surface area contributed by atoms with Gasteiger partial charge in [0.1, 0.15) is 6.26 Å². The number of rotatable bonds is 5. The standard InChI is InChI=1S/C16H17N3O2S2/c1-2-5-11(6-3-1)14-18-19-16(21-14)23-10-12-9-20-15(17-12)13-7-4-8-22-13/h4,7-9,11H,1-3,5-6,10H2. The zero-order valence-electron chi connectivity index (χ0n) is 12.6. The third-order valence-electron chi connectivity index (χ3n) is 4.00. The third kappa shape index (κ3) is 3.50. The van der Waals surface area contributed by atoms with E-state index in [1.807, 2.05) is 17.5 Å². The van der Waals surface area contributed by atoms with E-state index in [1.54, 1.807) is 17.6 Å². The molecular formula is C16H17N3O2S2.